The number of rotatable bonds is 4. The molecule has 0 spiro atoms. The molecule has 2 heterocycles. The van der Waals surface area contributed by atoms with Crippen molar-refractivity contribution < 1.29 is 14.6 Å². The number of aryl methyl sites for hydroxylation is 1. The van der Waals surface area contributed by atoms with Crippen LogP contribution in [0.4, 0.5) is 11.5 Å². The molecular formula is C21H27N3O3. The van der Waals surface area contributed by atoms with E-state index in [-0.39, 0.29) is 16.7 Å². The Morgan fingerprint density at radius 2 is 1.89 bits per heavy atom. The molecule has 1 aromatic carbocycles. The van der Waals surface area contributed by atoms with Crippen molar-refractivity contribution in [1.82, 2.24) is 9.97 Å². The first kappa shape index (κ1) is 19.3. The molecule has 0 saturated carbocycles. The molecular weight excluding hydrogens is 342 g/mol. The second-order valence-corrected chi connectivity index (χ2v) is 8.18. The zero-order valence-corrected chi connectivity index (χ0v) is 16.8. The Kier molecular flexibility index (Phi) is 4.72. The van der Waals surface area contributed by atoms with Gasteiger partial charge in [0.15, 0.2) is 11.5 Å². The summed E-state index contributed by atoms with van der Waals surface area (Å²) in [5.41, 5.74) is 4.18. The molecule has 144 valence electrons. The van der Waals surface area contributed by atoms with Crippen LogP contribution >= 0.6 is 0 Å². The summed E-state index contributed by atoms with van der Waals surface area (Å²) in [6.07, 6.45) is 2.82. The Morgan fingerprint density at radius 1 is 1.19 bits per heavy atom. The van der Waals surface area contributed by atoms with Gasteiger partial charge in [0.1, 0.15) is 0 Å². The van der Waals surface area contributed by atoms with Gasteiger partial charge in [0.05, 0.1) is 24.6 Å². The van der Waals surface area contributed by atoms with Crippen molar-refractivity contribution in [2.75, 3.05) is 18.1 Å². The van der Waals surface area contributed by atoms with Crippen LogP contribution in [-0.4, -0.2) is 34.2 Å². The smallest absolute Gasteiger partial charge is 0.356 e. The van der Waals surface area contributed by atoms with Crippen molar-refractivity contribution in [1.29, 1.82) is 0 Å². The van der Waals surface area contributed by atoms with Gasteiger partial charge in [0.25, 0.3) is 0 Å². The highest BCUT2D eigenvalue weighted by Gasteiger charge is 2.38. The standard InChI is InChI=1S/C21H27N3O3/c1-7-24(18-11-22-16(10-23-18)19(25)26)17-9-14-15(8-13(17)2)21(5,6)27-12-20(14,3)4/h8-11H,7,12H2,1-6H3,(H,25,26). The quantitative estimate of drug-likeness (QED) is 0.871. The molecule has 0 radical (unpaired) electrons. The van der Waals surface area contributed by atoms with Crippen LogP contribution in [0.15, 0.2) is 24.5 Å². The highest BCUT2D eigenvalue weighted by atomic mass is 16.5. The topological polar surface area (TPSA) is 75.6 Å². The van der Waals surface area contributed by atoms with Gasteiger partial charge < -0.3 is 14.7 Å². The first-order valence-electron chi connectivity index (χ1n) is 9.19. The van der Waals surface area contributed by atoms with E-state index in [0.29, 0.717) is 19.0 Å². The van der Waals surface area contributed by atoms with E-state index < -0.39 is 5.97 Å². The number of carbonyl (C=O) groups is 1. The summed E-state index contributed by atoms with van der Waals surface area (Å²) in [7, 11) is 0. The highest BCUT2D eigenvalue weighted by molar-refractivity contribution is 5.85. The third kappa shape index (κ3) is 3.41. The van der Waals surface area contributed by atoms with Gasteiger partial charge >= 0.3 is 5.97 Å². The lowest BCUT2D eigenvalue weighted by Crippen LogP contribution is -2.40. The SMILES string of the molecule is CCN(c1cnc(C(=O)O)cn1)c1cc2c(cc1C)C(C)(C)OCC2(C)C. The Hall–Kier alpha value is -2.47. The lowest BCUT2D eigenvalue weighted by Gasteiger charge is -2.43. The Morgan fingerprint density at radius 3 is 2.44 bits per heavy atom. The number of ether oxygens (including phenoxy) is 1. The van der Waals surface area contributed by atoms with Gasteiger partial charge in [-0.05, 0) is 50.5 Å². The van der Waals surface area contributed by atoms with Gasteiger partial charge in [-0.2, -0.15) is 0 Å². The average Bonchev–Trinajstić information content (AvgIpc) is 2.61. The van der Waals surface area contributed by atoms with Crippen LogP contribution in [0.5, 0.6) is 0 Å². The second kappa shape index (κ2) is 6.60. The lowest BCUT2D eigenvalue weighted by molar-refractivity contribution is -0.0587. The molecule has 0 atom stereocenters. The van der Waals surface area contributed by atoms with Gasteiger partial charge in [-0.3, -0.25) is 0 Å². The zero-order chi connectivity index (χ0) is 20.0. The number of benzene rings is 1. The maximum absolute atomic E-state index is 11.0. The van der Waals surface area contributed by atoms with Gasteiger partial charge in [0, 0.05) is 17.6 Å². The number of aromatic carboxylic acids is 1. The molecule has 6 heteroatoms. The predicted octanol–water partition coefficient (Wildman–Crippen LogP) is 4.18. The number of hydrogen-bond donors (Lipinski definition) is 1. The fourth-order valence-corrected chi connectivity index (χ4v) is 3.59. The fraction of sp³-hybridized carbons (Fsp3) is 0.476. The summed E-state index contributed by atoms with van der Waals surface area (Å²) in [5.74, 6) is -0.444. The molecule has 0 unspecified atom stereocenters. The van der Waals surface area contributed by atoms with Crippen LogP contribution in [0.1, 0.15) is 61.8 Å². The number of aromatic nitrogens is 2. The third-order valence-corrected chi connectivity index (χ3v) is 5.25. The Balaban J connectivity index is 2.11. The first-order chi connectivity index (χ1) is 12.6. The predicted molar refractivity (Wildman–Crippen MR) is 105 cm³/mol. The largest absolute Gasteiger partial charge is 0.476 e. The molecule has 0 aliphatic carbocycles. The molecule has 1 aliphatic rings. The van der Waals surface area contributed by atoms with Gasteiger partial charge in [-0.1, -0.05) is 19.9 Å². The van der Waals surface area contributed by atoms with Crippen LogP contribution in [0.2, 0.25) is 0 Å². The van der Waals surface area contributed by atoms with E-state index >= 15 is 0 Å². The van der Waals surface area contributed by atoms with E-state index in [1.807, 2.05) is 6.92 Å². The van der Waals surface area contributed by atoms with E-state index in [4.69, 9.17) is 9.84 Å². The molecule has 3 rings (SSSR count). The Labute approximate surface area is 160 Å². The first-order valence-corrected chi connectivity index (χ1v) is 9.19. The van der Waals surface area contributed by atoms with Gasteiger partial charge in [-0.25, -0.2) is 14.8 Å². The number of carboxylic acids is 1. The molecule has 1 aliphatic heterocycles. The molecule has 27 heavy (non-hydrogen) atoms. The number of hydrogen-bond acceptors (Lipinski definition) is 5. The molecule has 2 aromatic rings. The van der Waals surface area contributed by atoms with Crippen molar-refractivity contribution in [3.8, 4) is 0 Å². The zero-order valence-electron chi connectivity index (χ0n) is 16.8. The number of carboxylic acid groups (broad SMARTS) is 1. The van der Waals surface area contributed by atoms with Gasteiger partial charge in [0.2, 0.25) is 0 Å². The van der Waals surface area contributed by atoms with Crippen molar-refractivity contribution in [3.63, 3.8) is 0 Å². The molecule has 1 aromatic heterocycles. The van der Waals surface area contributed by atoms with E-state index in [1.54, 1.807) is 0 Å². The van der Waals surface area contributed by atoms with Gasteiger partial charge in [-0.15, -0.1) is 0 Å². The number of anilines is 2. The molecule has 1 N–H and O–H groups in total. The van der Waals surface area contributed by atoms with Crippen LogP contribution in [-0.2, 0) is 15.8 Å². The van der Waals surface area contributed by atoms with Crippen LogP contribution in [0.25, 0.3) is 0 Å². The summed E-state index contributed by atoms with van der Waals surface area (Å²) < 4.78 is 6.12. The van der Waals surface area contributed by atoms with Crippen molar-refractivity contribution >= 4 is 17.5 Å². The fourth-order valence-electron chi connectivity index (χ4n) is 3.59. The summed E-state index contributed by atoms with van der Waals surface area (Å²) in [6, 6.07) is 4.43. The summed E-state index contributed by atoms with van der Waals surface area (Å²) in [6.45, 7) is 14.1. The normalized spacial score (nSPS) is 17.3. The summed E-state index contributed by atoms with van der Waals surface area (Å²) in [4.78, 5) is 21.4. The second-order valence-electron chi connectivity index (χ2n) is 8.18. The molecule has 6 nitrogen and oxygen atoms in total. The molecule has 0 fully saturated rings. The summed E-state index contributed by atoms with van der Waals surface area (Å²) >= 11 is 0. The van der Waals surface area contributed by atoms with E-state index in [1.165, 1.54) is 23.5 Å². The van der Waals surface area contributed by atoms with E-state index in [2.05, 4.69) is 61.6 Å². The number of nitrogens with zero attached hydrogens (tertiary/aromatic N) is 3. The third-order valence-electron chi connectivity index (χ3n) is 5.25. The highest BCUT2D eigenvalue weighted by Crippen LogP contribution is 2.44. The van der Waals surface area contributed by atoms with E-state index in [9.17, 15) is 4.79 Å². The van der Waals surface area contributed by atoms with E-state index in [0.717, 1.165) is 11.3 Å². The van der Waals surface area contributed by atoms with Crippen molar-refractivity contribution in [2.45, 2.75) is 52.6 Å². The lowest BCUT2D eigenvalue weighted by atomic mass is 9.75. The minimum absolute atomic E-state index is 0.0583. The maximum atomic E-state index is 11.0. The number of fused-ring (bicyclic) bond motifs is 1. The molecule has 0 amide bonds. The molecule has 0 bridgehead atoms. The minimum Gasteiger partial charge on any atom is -0.476 e. The monoisotopic (exact) mass is 369 g/mol. The van der Waals surface area contributed by atoms with Crippen molar-refractivity contribution in [2.24, 2.45) is 0 Å². The minimum atomic E-state index is -1.08. The van der Waals surface area contributed by atoms with Crippen LogP contribution in [0, 0.1) is 6.92 Å². The maximum Gasteiger partial charge on any atom is 0.356 e. The van der Waals surface area contributed by atoms with Crippen molar-refractivity contribution in [3.05, 3.63) is 46.9 Å². The van der Waals surface area contributed by atoms with Crippen LogP contribution < -0.4 is 4.90 Å². The van der Waals surface area contributed by atoms with Crippen LogP contribution in [0.3, 0.4) is 0 Å². The average molecular weight is 369 g/mol. The summed E-state index contributed by atoms with van der Waals surface area (Å²) in [5, 5.41) is 9.04. The Bertz CT molecular complexity index is 873. The molecule has 0 saturated heterocycles.